The molecule has 0 aromatic carbocycles. The lowest BCUT2D eigenvalue weighted by Crippen LogP contribution is -2.04. The SMILES string of the molecule is O=C(c1cc[nH]c1)C1CO1. The molecule has 0 saturated carbocycles. The van der Waals surface area contributed by atoms with Gasteiger partial charge < -0.3 is 9.72 Å². The summed E-state index contributed by atoms with van der Waals surface area (Å²) in [5, 5.41) is 0. The maximum atomic E-state index is 11.1. The van der Waals surface area contributed by atoms with Crippen LogP contribution in [-0.4, -0.2) is 23.5 Å². The lowest BCUT2D eigenvalue weighted by Gasteiger charge is -1.86. The molecule has 3 heteroatoms. The van der Waals surface area contributed by atoms with Gasteiger partial charge in [0.2, 0.25) is 0 Å². The minimum absolute atomic E-state index is 0.0845. The Morgan fingerprint density at radius 1 is 1.80 bits per heavy atom. The van der Waals surface area contributed by atoms with E-state index in [1.807, 2.05) is 0 Å². The fourth-order valence-corrected chi connectivity index (χ4v) is 0.863. The number of ketones is 1. The van der Waals surface area contributed by atoms with Gasteiger partial charge in [0, 0.05) is 18.0 Å². The van der Waals surface area contributed by atoms with Crippen LogP contribution in [0.15, 0.2) is 18.5 Å². The van der Waals surface area contributed by atoms with Gasteiger partial charge in [-0.25, -0.2) is 0 Å². The van der Waals surface area contributed by atoms with E-state index in [0.29, 0.717) is 12.2 Å². The van der Waals surface area contributed by atoms with Crippen LogP contribution < -0.4 is 0 Å². The zero-order chi connectivity index (χ0) is 6.97. The predicted octanol–water partition coefficient (Wildman–Crippen LogP) is 0.596. The summed E-state index contributed by atoms with van der Waals surface area (Å²) in [6.45, 7) is 0.587. The number of H-pyrrole nitrogens is 1. The van der Waals surface area contributed by atoms with Gasteiger partial charge in [0.25, 0.3) is 0 Å². The van der Waals surface area contributed by atoms with Crippen molar-refractivity contribution in [3.8, 4) is 0 Å². The van der Waals surface area contributed by atoms with Gasteiger partial charge in [-0.05, 0) is 6.07 Å². The monoisotopic (exact) mass is 137 g/mol. The molecule has 1 aromatic heterocycles. The third kappa shape index (κ3) is 0.844. The van der Waals surface area contributed by atoms with Crippen molar-refractivity contribution in [2.24, 2.45) is 0 Å². The molecule has 1 unspecified atom stereocenters. The van der Waals surface area contributed by atoms with Crippen molar-refractivity contribution < 1.29 is 9.53 Å². The van der Waals surface area contributed by atoms with Crippen molar-refractivity contribution in [2.75, 3.05) is 6.61 Å². The zero-order valence-electron chi connectivity index (χ0n) is 5.33. The van der Waals surface area contributed by atoms with Gasteiger partial charge in [0.1, 0.15) is 6.10 Å². The summed E-state index contributed by atoms with van der Waals surface area (Å²) in [6.07, 6.45) is 3.26. The molecule has 0 aliphatic carbocycles. The van der Waals surface area contributed by atoms with E-state index in [1.54, 1.807) is 18.5 Å². The van der Waals surface area contributed by atoms with Crippen LogP contribution in [-0.2, 0) is 4.74 Å². The molecule has 0 bridgehead atoms. The Morgan fingerprint density at radius 3 is 3.10 bits per heavy atom. The van der Waals surface area contributed by atoms with Gasteiger partial charge in [-0.15, -0.1) is 0 Å². The minimum Gasteiger partial charge on any atom is -0.367 e. The number of carbonyl (C=O) groups excluding carboxylic acids is 1. The van der Waals surface area contributed by atoms with E-state index in [2.05, 4.69) is 4.98 Å². The lowest BCUT2D eigenvalue weighted by molar-refractivity contribution is 0.0954. The number of rotatable bonds is 2. The molecule has 0 radical (unpaired) electrons. The molecule has 0 spiro atoms. The van der Waals surface area contributed by atoms with Gasteiger partial charge in [-0.3, -0.25) is 4.79 Å². The average Bonchev–Trinajstić information content (AvgIpc) is 2.65. The largest absolute Gasteiger partial charge is 0.367 e. The molecule has 0 amide bonds. The summed E-state index contributed by atoms with van der Waals surface area (Å²) in [7, 11) is 0. The fraction of sp³-hybridized carbons (Fsp3) is 0.286. The number of epoxide rings is 1. The average molecular weight is 137 g/mol. The van der Waals surface area contributed by atoms with Crippen LogP contribution in [0.2, 0.25) is 0 Å². The van der Waals surface area contributed by atoms with Crippen molar-refractivity contribution in [3.05, 3.63) is 24.0 Å². The first-order valence-corrected chi connectivity index (χ1v) is 3.16. The number of hydrogen-bond donors (Lipinski definition) is 1. The Morgan fingerprint density at radius 2 is 2.60 bits per heavy atom. The molecule has 10 heavy (non-hydrogen) atoms. The number of nitrogens with one attached hydrogen (secondary N) is 1. The van der Waals surface area contributed by atoms with E-state index < -0.39 is 0 Å². The maximum Gasteiger partial charge on any atom is 0.195 e. The summed E-state index contributed by atoms with van der Waals surface area (Å²) < 4.78 is 4.83. The van der Waals surface area contributed by atoms with Gasteiger partial charge in [-0.1, -0.05) is 0 Å². The smallest absolute Gasteiger partial charge is 0.195 e. The van der Waals surface area contributed by atoms with Crippen LogP contribution in [0.5, 0.6) is 0 Å². The Labute approximate surface area is 58.0 Å². The molecule has 52 valence electrons. The topological polar surface area (TPSA) is 45.4 Å². The first kappa shape index (κ1) is 5.68. The van der Waals surface area contributed by atoms with E-state index >= 15 is 0 Å². The van der Waals surface area contributed by atoms with E-state index in [9.17, 15) is 4.79 Å². The summed E-state index contributed by atoms with van der Waals surface area (Å²) in [5.41, 5.74) is 0.711. The van der Waals surface area contributed by atoms with Crippen molar-refractivity contribution >= 4 is 5.78 Å². The number of hydrogen-bond acceptors (Lipinski definition) is 2. The molecule has 2 rings (SSSR count). The summed E-state index contributed by atoms with van der Waals surface area (Å²) in [4.78, 5) is 13.9. The van der Waals surface area contributed by atoms with Crippen LogP contribution in [0.1, 0.15) is 10.4 Å². The first-order chi connectivity index (χ1) is 4.88. The third-order valence-electron chi connectivity index (χ3n) is 1.51. The Hall–Kier alpha value is -1.09. The highest BCUT2D eigenvalue weighted by molar-refractivity contribution is 6.00. The second kappa shape index (κ2) is 1.95. The van der Waals surface area contributed by atoms with Crippen LogP contribution >= 0.6 is 0 Å². The first-order valence-electron chi connectivity index (χ1n) is 3.16. The highest BCUT2D eigenvalue weighted by Crippen LogP contribution is 2.15. The summed E-state index contributed by atoms with van der Waals surface area (Å²) in [5.74, 6) is 0.0845. The Bertz CT molecular complexity index is 236. The predicted molar refractivity (Wildman–Crippen MR) is 34.9 cm³/mol. The molecule has 1 saturated heterocycles. The molecule has 1 atom stereocenters. The third-order valence-corrected chi connectivity index (χ3v) is 1.51. The van der Waals surface area contributed by atoms with Gasteiger partial charge in [0.05, 0.1) is 6.61 Å². The normalized spacial score (nSPS) is 22.6. The zero-order valence-corrected chi connectivity index (χ0v) is 5.33. The van der Waals surface area contributed by atoms with Gasteiger partial charge in [-0.2, -0.15) is 0 Å². The van der Waals surface area contributed by atoms with E-state index in [0.717, 1.165) is 0 Å². The molecular formula is C7H7NO2. The number of carbonyl (C=O) groups is 1. The fourth-order valence-electron chi connectivity index (χ4n) is 0.863. The number of aromatic nitrogens is 1. The standard InChI is InChI=1S/C7H7NO2/c9-7(6-4-10-6)5-1-2-8-3-5/h1-3,6,8H,4H2. The second-order valence-corrected chi connectivity index (χ2v) is 2.29. The molecule has 1 aliphatic rings. The molecule has 1 N–H and O–H groups in total. The van der Waals surface area contributed by atoms with Gasteiger partial charge >= 0.3 is 0 Å². The number of Topliss-reactive ketones (excluding diaryl/α,β-unsaturated/α-hetero) is 1. The van der Waals surface area contributed by atoms with Crippen molar-refractivity contribution in [3.63, 3.8) is 0 Å². The Balaban J connectivity index is 2.19. The quantitative estimate of drug-likeness (QED) is 0.479. The van der Waals surface area contributed by atoms with E-state index in [1.165, 1.54) is 0 Å². The molecule has 1 fully saturated rings. The van der Waals surface area contributed by atoms with Crippen molar-refractivity contribution in [1.82, 2.24) is 4.98 Å². The van der Waals surface area contributed by atoms with Crippen molar-refractivity contribution in [2.45, 2.75) is 6.10 Å². The summed E-state index contributed by atoms with van der Waals surface area (Å²) >= 11 is 0. The van der Waals surface area contributed by atoms with Crippen LogP contribution in [0.4, 0.5) is 0 Å². The van der Waals surface area contributed by atoms with Crippen LogP contribution in [0, 0.1) is 0 Å². The van der Waals surface area contributed by atoms with E-state index in [-0.39, 0.29) is 11.9 Å². The van der Waals surface area contributed by atoms with Crippen molar-refractivity contribution in [1.29, 1.82) is 0 Å². The van der Waals surface area contributed by atoms with Crippen LogP contribution in [0.3, 0.4) is 0 Å². The molecular weight excluding hydrogens is 130 g/mol. The van der Waals surface area contributed by atoms with Crippen LogP contribution in [0.25, 0.3) is 0 Å². The summed E-state index contributed by atoms with van der Waals surface area (Å²) in [6, 6.07) is 1.75. The van der Waals surface area contributed by atoms with Gasteiger partial charge in [0.15, 0.2) is 5.78 Å². The molecule has 3 nitrogen and oxygen atoms in total. The maximum absolute atomic E-state index is 11.1. The highest BCUT2D eigenvalue weighted by Gasteiger charge is 2.31. The molecule has 2 heterocycles. The number of aromatic amines is 1. The highest BCUT2D eigenvalue weighted by atomic mass is 16.6. The minimum atomic E-state index is -0.157. The number of ether oxygens (including phenoxy) is 1. The molecule has 1 aromatic rings. The second-order valence-electron chi connectivity index (χ2n) is 2.29. The van der Waals surface area contributed by atoms with E-state index in [4.69, 9.17) is 4.74 Å². The Kier molecular flexibility index (Phi) is 1.11. The molecule has 1 aliphatic heterocycles. The lowest BCUT2D eigenvalue weighted by atomic mass is 10.2.